The Morgan fingerprint density at radius 3 is 2.72 bits per heavy atom. The first kappa shape index (κ1) is 21.2. The SMILES string of the molecule is CCNC(=NCCc1nc(C)no1)NCCc1ccccc1OC.I. The van der Waals surface area contributed by atoms with Crippen LogP contribution in [0.2, 0.25) is 0 Å². The zero-order valence-electron chi connectivity index (χ0n) is 14.9. The van der Waals surface area contributed by atoms with Crippen molar-refractivity contribution in [3.05, 3.63) is 41.5 Å². The van der Waals surface area contributed by atoms with Gasteiger partial charge < -0.3 is 19.9 Å². The summed E-state index contributed by atoms with van der Waals surface area (Å²) >= 11 is 0. The second kappa shape index (κ2) is 11.7. The molecule has 1 aromatic carbocycles. The van der Waals surface area contributed by atoms with Crippen molar-refractivity contribution >= 4 is 29.9 Å². The summed E-state index contributed by atoms with van der Waals surface area (Å²) < 4.78 is 10.5. The fraction of sp³-hybridized carbons (Fsp3) is 0.471. The van der Waals surface area contributed by atoms with Gasteiger partial charge >= 0.3 is 0 Å². The summed E-state index contributed by atoms with van der Waals surface area (Å²) in [7, 11) is 1.69. The van der Waals surface area contributed by atoms with E-state index in [9.17, 15) is 0 Å². The van der Waals surface area contributed by atoms with Crippen LogP contribution >= 0.6 is 24.0 Å². The molecule has 2 N–H and O–H groups in total. The van der Waals surface area contributed by atoms with E-state index in [0.717, 1.165) is 31.2 Å². The number of nitrogens with zero attached hydrogens (tertiary/aromatic N) is 3. The molecule has 0 aliphatic heterocycles. The van der Waals surface area contributed by atoms with Crippen molar-refractivity contribution in [3.8, 4) is 5.75 Å². The summed E-state index contributed by atoms with van der Waals surface area (Å²) in [5.41, 5.74) is 1.17. The first-order valence-corrected chi connectivity index (χ1v) is 8.16. The second-order valence-corrected chi connectivity index (χ2v) is 5.23. The van der Waals surface area contributed by atoms with E-state index < -0.39 is 0 Å². The predicted octanol–water partition coefficient (Wildman–Crippen LogP) is 2.34. The van der Waals surface area contributed by atoms with E-state index in [1.165, 1.54) is 5.56 Å². The van der Waals surface area contributed by atoms with Gasteiger partial charge in [-0.2, -0.15) is 4.98 Å². The summed E-state index contributed by atoms with van der Waals surface area (Å²) in [4.78, 5) is 8.70. The first-order chi connectivity index (χ1) is 11.7. The van der Waals surface area contributed by atoms with Crippen LogP contribution in [-0.2, 0) is 12.8 Å². The average Bonchev–Trinajstić information content (AvgIpc) is 3.00. The number of hydrogen-bond donors (Lipinski definition) is 2. The number of aryl methyl sites for hydroxylation is 1. The molecule has 7 nitrogen and oxygen atoms in total. The van der Waals surface area contributed by atoms with Gasteiger partial charge in [-0.3, -0.25) is 4.99 Å². The lowest BCUT2D eigenvalue weighted by Crippen LogP contribution is -2.38. The van der Waals surface area contributed by atoms with Crippen molar-refractivity contribution in [2.75, 3.05) is 26.7 Å². The molecule has 8 heteroatoms. The molecule has 138 valence electrons. The maximum Gasteiger partial charge on any atom is 0.228 e. The van der Waals surface area contributed by atoms with Crippen LogP contribution < -0.4 is 15.4 Å². The van der Waals surface area contributed by atoms with Gasteiger partial charge in [0, 0.05) is 19.5 Å². The lowest BCUT2D eigenvalue weighted by atomic mass is 10.1. The molecule has 0 unspecified atom stereocenters. The van der Waals surface area contributed by atoms with Gasteiger partial charge in [0.05, 0.1) is 13.7 Å². The molecule has 0 atom stereocenters. The third-order valence-electron chi connectivity index (χ3n) is 3.39. The Morgan fingerprint density at radius 2 is 2.04 bits per heavy atom. The zero-order chi connectivity index (χ0) is 17.2. The van der Waals surface area contributed by atoms with Gasteiger partial charge in [-0.1, -0.05) is 23.4 Å². The van der Waals surface area contributed by atoms with Crippen LogP contribution in [0.15, 0.2) is 33.8 Å². The van der Waals surface area contributed by atoms with Gasteiger partial charge in [0.2, 0.25) is 5.89 Å². The lowest BCUT2D eigenvalue weighted by Gasteiger charge is -2.12. The highest BCUT2D eigenvalue weighted by Crippen LogP contribution is 2.17. The highest BCUT2D eigenvalue weighted by Gasteiger charge is 2.04. The van der Waals surface area contributed by atoms with Crippen molar-refractivity contribution < 1.29 is 9.26 Å². The van der Waals surface area contributed by atoms with Crippen LogP contribution in [0.25, 0.3) is 0 Å². The molecule has 0 aliphatic rings. The Labute approximate surface area is 165 Å². The number of guanidine groups is 1. The molecule has 1 aromatic heterocycles. The number of rotatable bonds is 8. The Kier molecular flexibility index (Phi) is 9.90. The minimum atomic E-state index is 0. The normalized spacial score (nSPS) is 10.9. The molecule has 0 fully saturated rings. The van der Waals surface area contributed by atoms with E-state index in [2.05, 4.69) is 31.8 Å². The molecule has 0 amide bonds. The third-order valence-corrected chi connectivity index (χ3v) is 3.39. The lowest BCUT2D eigenvalue weighted by molar-refractivity contribution is 0.376. The summed E-state index contributed by atoms with van der Waals surface area (Å²) in [6.45, 7) is 6.01. The number of para-hydroxylation sites is 1. The van der Waals surface area contributed by atoms with E-state index in [-0.39, 0.29) is 24.0 Å². The monoisotopic (exact) mass is 459 g/mol. The predicted molar refractivity (Wildman–Crippen MR) is 109 cm³/mol. The fourth-order valence-electron chi connectivity index (χ4n) is 2.27. The van der Waals surface area contributed by atoms with Crippen molar-refractivity contribution in [1.82, 2.24) is 20.8 Å². The van der Waals surface area contributed by atoms with E-state index >= 15 is 0 Å². The van der Waals surface area contributed by atoms with Gasteiger partial charge in [0.25, 0.3) is 0 Å². The molecular formula is C17H26IN5O2. The van der Waals surface area contributed by atoms with Crippen LogP contribution in [0, 0.1) is 6.92 Å². The Balaban J connectivity index is 0.00000312. The van der Waals surface area contributed by atoms with Crippen LogP contribution in [0.5, 0.6) is 5.75 Å². The maximum absolute atomic E-state index is 5.37. The highest BCUT2D eigenvalue weighted by atomic mass is 127. The number of ether oxygens (including phenoxy) is 1. The number of nitrogens with one attached hydrogen (secondary N) is 2. The van der Waals surface area contributed by atoms with Crippen molar-refractivity contribution in [2.24, 2.45) is 4.99 Å². The summed E-state index contributed by atoms with van der Waals surface area (Å²) in [5, 5.41) is 10.3. The summed E-state index contributed by atoms with van der Waals surface area (Å²) in [6, 6.07) is 8.04. The van der Waals surface area contributed by atoms with Crippen LogP contribution in [0.3, 0.4) is 0 Å². The molecule has 0 saturated carbocycles. The Morgan fingerprint density at radius 1 is 1.24 bits per heavy atom. The fourth-order valence-corrected chi connectivity index (χ4v) is 2.27. The largest absolute Gasteiger partial charge is 0.496 e. The second-order valence-electron chi connectivity index (χ2n) is 5.23. The maximum atomic E-state index is 5.37. The molecule has 0 aliphatic carbocycles. The third kappa shape index (κ3) is 7.29. The van der Waals surface area contributed by atoms with E-state index in [4.69, 9.17) is 9.26 Å². The molecule has 2 aromatic rings. The summed E-state index contributed by atoms with van der Waals surface area (Å²) in [5.74, 6) is 2.95. The Hall–Kier alpha value is -1.84. The van der Waals surface area contributed by atoms with Gasteiger partial charge in [-0.05, 0) is 31.9 Å². The first-order valence-electron chi connectivity index (χ1n) is 8.16. The van der Waals surface area contributed by atoms with E-state index in [1.54, 1.807) is 14.0 Å². The smallest absolute Gasteiger partial charge is 0.228 e. The number of methoxy groups -OCH3 is 1. The van der Waals surface area contributed by atoms with Crippen LogP contribution in [0.4, 0.5) is 0 Å². The number of hydrogen-bond acceptors (Lipinski definition) is 5. The molecule has 0 radical (unpaired) electrons. The van der Waals surface area contributed by atoms with Crippen LogP contribution in [-0.4, -0.2) is 42.8 Å². The topological polar surface area (TPSA) is 84.6 Å². The Bertz CT molecular complexity index is 660. The van der Waals surface area contributed by atoms with Gasteiger partial charge in [-0.25, -0.2) is 0 Å². The zero-order valence-corrected chi connectivity index (χ0v) is 17.2. The van der Waals surface area contributed by atoms with Crippen molar-refractivity contribution in [2.45, 2.75) is 26.7 Å². The molecule has 0 saturated heterocycles. The van der Waals surface area contributed by atoms with E-state index in [0.29, 0.717) is 24.7 Å². The van der Waals surface area contributed by atoms with Crippen molar-refractivity contribution in [1.29, 1.82) is 0 Å². The average molecular weight is 459 g/mol. The van der Waals surface area contributed by atoms with Crippen molar-refractivity contribution in [3.63, 3.8) is 0 Å². The van der Waals surface area contributed by atoms with E-state index in [1.807, 2.05) is 25.1 Å². The van der Waals surface area contributed by atoms with Gasteiger partial charge in [-0.15, -0.1) is 24.0 Å². The quantitative estimate of drug-likeness (QED) is 0.358. The molecule has 1 heterocycles. The number of aromatic nitrogens is 2. The van der Waals surface area contributed by atoms with Gasteiger partial charge in [0.1, 0.15) is 5.75 Å². The number of halogens is 1. The standard InChI is InChI=1S/C17H25N5O2.HI/c1-4-18-17(20-12-10-16-21-13(2)22-24-16)19-11-9-14-7-5-6-8-15(14)23-3;/h5-8H,4,9-12H2,1-3H3,(H2,18,19,20);1H. The molecule has 25 heavy (non-hydrogen) atoms. The molecular weight excluding hydrogens is 433 g/mol. The van der Waals surface area contributed by atoms with Crippen LogP contribution in [0.1, 0.15) is 24.2 Å². The highest BCUT2D eigenvalue weighted by molar-refractivity contribution is 14.0. The number of aliphatic imine (C=N–C) groups is 1. The molecule has 0 bridgehead atoms. The molecule has 0 spiro atoms. The summed E-state index contributed by atoms with van der Waals surface area (Å²) in [6.07, 6.45) is 1.49. The minimum absolute atomic E-state index is 0. The molecule has 2 rings (SSSR count). The van der Waals surface area contributed by atoms with Gasteiger partial charge in [0.15, 0.2) is 11.8 Å². The number of benzene rings is 1. The minimum Gasteiger partial charge on any atom is -0.496 e.